The zero-order valence-corrected chi connectivity index (χ0v) is 15.0. The minimum atomic E-state index is -0.269. The highest BCUT2D eigenvalue weighted by Gasteiger charge is 2.25. The van der Waals surface area contributed by atoms with E-state index in [-0.39, 0.29) is 24.1 Å². The van der Waals surface area contributed by atoms with E-state index in [2.05, 4.69) is 20.3 Å². The van der Waals surface area contributed by atoms with Gasteiger partial charge in [0.05, 0.1) is 17.9 Å². The fourth-order valence-corrected chi connectivity index (χ4v) is 2.79. The summed E-state index contributed by atoms with van der Waals surface area (Å²) in [5.41, 5.74) is 8.65. The molecular formula is C19H23N5O2. The van der Waals surface area contributed by atoms with E-state index in [4.69, 9.17) is 10.5 Å². The number of carbonyl (C=O) groups is 1. The van der Waals surface area contributed by atoms with E-state index in [1.807, 2.05) is 38.1 Å². The average Bonchev–Trinajstić information content (AvgIpc) is 2.98. The van der Waals surface area contributed by atoms with Gasteiger partial charge in [0, 0.05) is 11.9 Å². The number of amides is 1. The predicted octanol–water partition coefficient (Wildman–Crippen LogP) is 2.33. The number of nitrogens with two attached hydrogens (primary N) is 1. The molecular weight excluding hydrogens is 330 g/mol. The highest BCUT2D eigenvalue weighted by molar-refractivity contribution is 6.02. The summed E-state index contributed by atoms with van der Waals surface area (Å²) in [7, 11) is 0. The Morgan fingerprint density at radius 2 is 2.00 bits per heavy atom. The first-order chi connectivity index (χ1) is 12.5. The number of nitrogens with one attached hydrogen (secondary N) is 1. The molecule has 0 fully saturated rings. The molecule has 3 rings (SSSR count). The molecule has 2 unspecified atom stereocenters. The molecule has 136 valence electrons. The third-order valence-electron chi connectivity index (χ3n) is 4.38. The number of benzene rings is 1. The number of rotatable bonds is 6. The van der Waals surface area contributed by atoms with E-state index in [9.17, 15) is 4.79 Å². The van der Waals surface area contributed by atoms with E-state index in [0.717, 1.165) is 30.6 Å². The summed E-state index contributed by atoms with van der Waals surface area (Å²) in [5, 5.41) is 2.83. The first-order valence-electron chi connectivity index (χ1n) is 8.76. The largest absolute Gasteiger partial charge is 0.460 e. The van der Waals surface area contributed by atoms with Gasteiger partial charge in [-0.05, 0) is 43.9 Å². The van der Waals surface area contributed by atoms with Crippen LogP contribution >= 0.6 is 0 Å². The predicted molar refractivity (Wildman–Crippen MR) is 100 cm³/mol. The molecule has 1 aromatic heterocycles. The van der Waals surface area contributed by atoms with Crippen LogP contribution in [0.15, 0.2) is 41.7 Å². The lowest BCUT2D eigenvalue weighted by Crippen LogP contribution is -2.20. The number of aryl methyl sites for hydroxylation is 2. The number of amidine groups is 1. The van der Waals surface area contributed by atoms with E-state index in [1.165, 1.54) is 11.8 Å². The zero-order chi connectivity index (χ0) is 18.5. The van der Waals surface area contributed by atoms with E-state index < -0.39 is 0 Å². The van der Waals surface area contributed by atoms with Crippen LogP contribution in [0.25, 0.3) is 0 Å². The topological polar surface area (TPSA) is 102 Å². The maximum Gasteiger partial charge on any atom is 0.282 e. The maximum atomic E-state index is 12.2. The number of anilines is 1. The Morgan fingerprint density at radius 3 is 2.58 bits per heavy atom. The molecule has 1 amide bonds. The van der Waals surface area contributed by atoms with Crippen LogP contribution in [0.5, 0.6) is 0 Å². The average molecular weight is 353 g/mol. The molecule has 7 nitrogen and oxygen atoms in total. The Labute approximate surface area is 152 Å². The quantitative estimate of drug-likeness (QED) is 0.830. The van der Waals surface area contributed by atoms with Gasteiger partial charge in [-0.1, -0.05) is 19.1 Å². The molecule has 3 N–H and O–H groups in total. The molecule has 1 aromatic carbocycles. The van der Waals surface area contributed by atoms with Gasteiger partial charge >= 0.3 is 0 Å². The van der Waals surface area contributed by atoms with Crippen molar-refractivity contribution in [2.75, 3.05) is 5.32 Å². The Balaban J connectivity index is 1.54. The molecule has 1 aliphatic rings. The standard InChI is InChI=1S/C19H23N5O2/c1-3-14-10-22-17(11-21-14)18(25)23-15-7-4-13(5-8-15)6-9-16-12(2)26-19(20)24-16/h4-5,7-8,10-12,16H,3,6,9H2,1-2H3,(H2,20,24)(H,23,25). The molecule has 2 atom stereocenters. The summed E-state index contributed by atoms with van der Waals surface area (Å²) < 4.78 is 5.35. The Hall–Kier alpha value is -2.96. The normalized spacial score (nSPS) is 18.9. The van der Waals surface area contributed by atoms with Crippen LogP contribution in [-0.2, 0) is 17.6 Å². The lowest BCUT2D eigenvalue weighted by Gasteiger charge is -2.12. The van der Waals surface area contributed by atoms with Gasteiger partial charge in [-0.15, -0.1) is 0 Å². The molecule has 0 saturated heterocycles. The van der Waals surface area contributed by atoms with E-state index in [0.29, 0.717) is 5.69 Å². The van der Waals surface area contributed by atoms with Crippen LogP contribution in [0.3, 0.4) is 0 Å². The van der Waals surface area contributed by atoms with Crippen LogP contribution in [0.1, 0.15) is 42.0 Å². The molecule has 0 aliphatic carbocycles. The van der Waals surface area contributed by atoms with Gasteiger partial charge in [-0.2, -0.15) is 0 Å². The van der Waals surface area contributed by atoms with Crippen LogP contribution < -0.4 is 11.1 Å². The minimum absolute atomic E-state index is 0.0220. The fraction of sp³-hybridized carbons (Fsp3) is 0.368. The van der Waals surface area contributed by atoms with Crippen molar-refractivity contribution in [2.24, 2.45) is 10.7 Å². The smallest absolute Gasteiger partial charge is 0.282 e. The number of carbonyl (C=O) groups excluding carboxylic acids is 1. The van der Waals surface area contributed by atoms with Crippen molar-refractivity contribution in [3.05, 3.63) is 53.6 Å². The lowest BCUT2D eigenvalue weighted by atomic mass is 10.0. The van der Waals surface area contributed by atoms with Crippen LogP contribution in [0, 0.1) is 0 Å². The van der Waals surface area contributed by atoms with Gasteiger partial charge in [0.2, 0.25) is 0 Å². The number of aliphatic imine (C=N–C) groups is 1. The Bertz CT molecular complexity index is 787. The molecule has 0 spiro atoms. The maximum absolute atomic E-state index is 12.2. The summed E-state index contributed by atoms with van der Waals surface area (Å²) in [6, 6.07) is 8.12. The minimum Gasteiger partial charge on any atom is -0.460 e. The molecule has 7 heteroatoms. The first kappa shape index (κ1) is 17.8. The Kier molecular flexibility index (Phi) is 5.46. The molecule has 0 radical (unpaired) electrons. The third-order valence-corrected chi connectivity index (χ3v) is 4.38. The van der Waals surface area contributed by atoms with Gasteiger partial charge < -0.3 is 15.8 Å². The van der Waals surface area contributed by atoms with Crippen molar-refractivity contribution in [3.8, 4) is 0 Å². The second-order valence-corrected chi connectivity index (χ2v) is 6.29. The monoisotopic (exact) mass is 353 g/mol. The van der Waals surface area contributed by atoms with Crippen molar-refractivity contribution in [2.45, 2.75) is 45.3 Å². The molecule has 2 aromatic rings. The summed E-state index contributed by atoms with van der Waals surface area (Å²) in [6.45, 7) is 3.97. The van der Waals surface area contributed by atoms with Crippen LogP contribution in [0.4, 0.5) is 5.69 Å². The summed E-state index contributed by atoms with van der Waals surface area (Å²) in [5.74, 6) is -0.269. The molecule has 26 heavy (non-hydrogen) atoms. The van der Waals surface area contributed by atoms with Gasteiger partial charge in [-0.25, -0.2) is 9.98 Å². The number of hydrogen-bond acceptors (Lipinski definition) is 6. The third kappa shape index (κ3) is 4.36. The SMILES string of the molecule is CCc1cnc(C(=O)Nc2ccc(CCC3N=C(N)OC3C)cc2)cn1. The van der Waals surface area contributed by atoms with Crippen molar-refractivity contribution < 1.29 is 9.53 Å². The van der Waals surface area contributed by atoms with Crippen LogP contribution in [0.2, 0.25) is 0 Å². The fourth-order valence-electron chi connectivity index (χ4n) is 2.79. The molecule has 0 bridgehead atoms. The van der Waals surface area contributed by atoms with Crippen molar-refractivity contribution in [3.63, 3.8) is 0 Å². The van der Waals surface area contributed by atoms with Crippen molar-refractivity contribution >= 4 is 17.6 Å². The highest BCUT2D eigenvalue weighted by Crippen LogP contribution is 2.18. The van der Waals surface area contributed by atoms with Crippen LogP contribution in [-0.4, -0.2) is 34.0 Å². The summed E-state index contributed by atoms with van der Waals surface area (Å²) >= 11 is 0. The second-order valence-electron chi connectivity index (χ2n) is 6.29. The number of aromatic nitrogens is 2. The molecule has 0 saturated carbocycles. The summed E-state index contributed by atoms with van der Waals surface area (Å²) in [6.07, 6.45) is 5.68. The van der Waals surface area contributed by atoms with Crippen molar-refractivity contribution in [1.82, 2.24) is 9.97 Å². The van der Waals surface area contributed by atoms with Gasteiger partial charge in [-0.3, -0.25) is 9.78 Å². The summed E-state index contributed by atoms with van der Waals surface area (Å²) in [4.78, 5) is 24.8. The highest BCUT2D eigenvalue weighted by atomic mass is 16.5. The molecule has 2 heterocycles. The number of ether oxygens (including phenoxy) is 1. The first-order valence-corrected chi connectivity index (χ1v) is 8.76. The van der Waals surface area contributed by atoms with Gasteiger partial charge in [0.15, 0.2) is 0 Å². The number of nitrogens with zero attached hydrogens (tertiary/aromatic N) is 3. The second kappa shape index (κ2) is 7.95. The lowest BCUT2D eigenvalue weighted by molar-refractivity contribution is 0.102. The van der Waals surface area contributed by atoms with Gasteiger partial charge in [0.25, 0.3) is 11.9 Å². The van der Waals surface area contributed by atoms with E-state index >= 15 is 0 Å². The number of hydrogen-bond donors (Lipinski definition) is 2. The zero-order valence-electron chi connectivity index (χ0n) is 15.0. The molecule has 1 aliphatic heterocycles. The van der Waals surface area contributed by atoms with Crippen molar-refractivity contribution in [1.29, 1.82) is 0 Å². The van der Waals surface area contributed by atoms with E-state index in [1.54, 1.807) is 6.20 Å². The Morgan fingerprint density at radius 1 is 1.23 bits per heavy atom. The van der Waals surface area contributed by atoms with Gasteiger partial charge in [0.1, 0.15) is 11.8 Å².